The van der Waals surface area contributed by atoms with Crippen molar-refractivity contribution in [1.82, 2.24) is 0 Å². The molecule has 0 saturated heterocycles. The van der Waals surface area contributed by atoms with Crippen LogP contribution in [0.5, 0.6) is 0 Å². The SMILES string of the molecule is CCCCC1=NC=CCC1Br. The van der Waals surface area contributed by atoms with Crippen molar-refractivity contribution in [2.24, 2.45) is 4.99 Å². The second-order valence-electron chi connectivity index (χ2n) is 2.81. The van der Waals surface area contributed by atoms with Crippen LogP contribution in [0.2, 0.25) is 0 Å². The second kappa shape index (κ2) is 4.70. The van der Waals surface area contributed by atoms with Gasteiger partial charge in [-0.3, -0.25) is 4.99 Å². The topological polar surface area (TPSA) is 12.4 Å². The Bertz CT molecular complexity index is 172. The van der Waals surface area contributed by atoms with Crippen LogP contribution in [0.4, 0.5) is 0 Å². The molecule has 1 unspecified atom stereocenters. The molecule has 1 rings (SSSR count). The molecule has 0 radical (unpaired) electrons. The Kier molecular flexibility index (Phi) is 3.84. The van der Waals surface area contributed by atoms with Gasteiger partial charge in [0.05, 0.1) is 4.83 Å². The van der Waals surface area contributed by atoms with Crippen LogP contribution in [0.15, 0.2) is 17.3 Å². The van der Waals surface area contributed by atoms with Crippen LogP contribution in [0, 0.1) is 0 Å². The number of unbranched alkanes of at least 4 members (excludes halogenated alkanes) is 1. The Labute approximate surface area is 76.7 Å². The molecule has 0 amide bonds. The summed E-state index contributed by atoms with van der Waals surface area (Å²) in [5, 5.41) is 0. The maximum Gasteiger partial charge on any atom is 0.0563 e. The maximum atomic E-state index is 4.34. The third kappa shape index (κ3) is 2.78. The van der Waals surface area contributed by atoms with Gasteiger partial charge in [0.25, 0.3) is 0 Å². The highest BCUT2D eigenvalue weighted by atomic mass is 79.9. The Morgan fingerprint density at radius 1 is 1.73 bits per heavy atom. The lowest BCUT2D eigenvalue weighted by Crippen LogP contribution is -2.14. The predicted octanol–water partition coefficient (Wildman–Crippen LogP) is 3.30. The summed E-state index contributed by atoms with van der Waals surface area (Å²) in [4.78, 5) is 4.84. The van der Waals surface area contributed by atoms with Gasteiger partial charge in [-0.2, -0.15) is 0 Å². The molecule has 0 aromatic heterocycles. The first kappa shape index (κ1) is 8.98. The van der Waals surface area contributed by atoms with E-state index < -0.39 is 0 Å². The van der Waals surface area contributed by atoms with Gasteiger partial charge in [0.15, 0.2) is 0 Å². The summed E-state index contributed by atoms with van der Waals surface area (Å²) < 4.78 is 0. The number of hydrogen-bond donors (Lipinski definition) is 0. The summed E-state index contributed by atoms with van der Waals surface area (Å²) in [5.74, 6) is 0. The molecule has 1 nitrogen and oxygen atoms in total. The van der Waals surface area contributed by atoms with Crippen molar-refractivity contribution < 1.29 is 0 Å². The van der Waals surface area contributed by atoms with Crippen molar-refractivity contribution >= 4 is 21.6 Å². The fourth-order valence-corrected chi connectivity index (χ4v) is 1.69. The molecule has 1 atom stereocenters. The smallest absolute Gasteiger partial charge is 0.0563 e. The van der Waals surface area contributed by atoms with E-state index in [-0.39, 0.29) is 0 Å². The van der Waals surface area contributed by atoms with Crippen LogP contribution in [0.1, 0.15) is 32.6 Å². The standard InChI is InChI=1S/C9H14BrN/c1-2-3-6-9-8(10)5-4-7-11-9/h4,7-8H,2-3,5-6H2,1H3. The molecule has 0 aliphatic carbocycles. The minimum Gasteiger partial charge on any atom is -0.265 e. The summed E-state index contributed by atoms with van der Waals surface area (Å²) in [5.41, 5.74) is 1.31. The molecule has 0 spiro atoms. The molecule has 2 heteroatoms. The highest BCUT2D eigenvalue weighted by Crippen LogP contribution is 2.16. The highest BCUT2D eigenvalue weighted by Gasteiger charge is 2.11. The average molecular weight is 216 g/mol. The maximum absolute atomic E-state index is 4.34. The zero-order valence-electron chi connectivity index (χ0n) is 6.89. The van der Waals surface area contributed by atoms with Gasteiger partial charge in [-0.05, 0) is 19.3 Å². The van der Waals surface area contributed by atoms with Gasteiger partial charge in [-0.1, -0.05) is 35.4 Å². The van der Waals surface area contributed by atoms with Crippen LogP contribution in [0.25, 0.3) is 0 Å². The van der Waals surface area contributed by atoms with Gasteiger partial charge in [0.1, 0.15) is 0 Å². The van der Waals surface area contributed by atoms with E-state index in [1.54, 1.807) is 0 Å². The van der Waals surface area contributed by atoms with Crippen molar-refractivity contribution in [3.8, 4) is 0 Å². The Hall–Kier alpha value is -0.110. The van der Waals surface area contributed by atoms with Crippen molar-refractivity contribution in [2.45, 2.75) is 37.4 Å². The molecule has 0 aromatic rings. The van der Waals surface area contributed by atoms with Crippen LogP contribution < -0.4 is 0 Å². The van der Waals surface area contributed by atoms with Crippen LogP contribution in [-0.2, 0) is 0 Å². The number of nitrogens with zero attached hydrogens (tertiary/aromatic N) is 1. The number of hydrogen-bond acceptors (Lipinski definition) is 1. The Morgan fingerprint density at radius 2 is 2.55 bits per heavy atom. The molecule has 0 fully saturated rings. The number of alkyl halides is 1. The van der Waals surface area contributed by atoms with Gasteiger partial charge >= 0.3 is 0 Å². The fourth-order valence-electron chi connectivity index (χ4n) is 1.12. The lowest BCUT2D eigenvalue weighted by Gasteiger charge is -2.13. The highest BCUT2D eigenvalue weighted by molar-refractivity contribution is 9.10. The van der Waals surface area contributed by atoms with E-state index in [1.165, 1.54) is 18.6 Å². The number of aliphatic imine (C=N–C) groups is 1. The summed E-state index contributed by atoms with van der Waals surface area (Å²) in [6.45, 7) is 2.21. The van der Waals surface area contributed by atoms with Gasteiger partial charge in [-0.15, -0.1) is 0 Å². The van der Waals surface area contributed by atoms with Crippen molar-refractivity contribution in [3.63, 3.8) is 0 Å². The van der Waals surface area contributed by atoms with Crippen molar-refractivity contribution in [2.75, 3.05) is 0 Å². The molecule has 0 saturated carbocycles. The zero-order valence-corrected chi connectivity index (χ0v) is 8.47. The minimum absolute atomic E-state index is 0.499. The number of rotatable bonds is 3. The van der Waals surface area contributed by atoms with E-state index in [9.17, 15) is 0 Å². The normalized spacial score (nSPS) is 23.5. The lowest BCUT2D eigenvalue weighted by atomic mass is 10.1. The van der Waals surface area contributed by atoms with E-state index in [0.29, 0.717) is 4.83 Å². The van der Waals surface area contributed by atoms with E-state index >= 15 is 0 Å². The third-order valence-electron chi connectivity index (χ3n) is 1.84. The van der Waals surface area contributed by atoms with Crippen LogP contribution in [-0.4, -0.2) is 10.5 Å². The van der Waals surface area contributed by atoms with Crippen molar-refractivity contribution in [1.29, 1.82) is 0 Å². The van der Waals surface area contributed by atoms with Crippen LogP contribution in [0.3, 0.4) is 0 Å². The first-order valence-corrected chi connectivity index (χ1v) is 5.11. The van der Waals surface area contributed by atoms with Crippen molar-refractivity contribution in [3.05, 3.63) is 12.3 Å². The monoisotopic (exact) mass is 215 g/mol. The van der Waals surface area contributed by atoms with Crippen LogP contribution >= 0.6 is 15.9 Å². The first-order chi connectivity index (χ1) is 5.34. The zero-order chi connectivity index (χ0) is 8.10. The van der Waals surface area contributed by atoms with E-state index in [2.05, 4.69) is 33.9 Å². The average Bonchev–Trinajstić information content (AvgIpc) is 2.03. The number of allylic oxidation sites excluding steroid dienone is 1. The molecule has 0 bridgehead atoms. The van der Waals surface area contributed by atoms with E-state index in [4.69, 9.17) is 0 Å². The second-order valence-corrected chi connectivity index (χ2v) is 3.92. The summed E-state index contributed by atoms with van der Waals surface area (Å²) >= 11 is 3.60. The van der Waals surface area contributed by atoms with E-state index in [1.807, 2.05) is 6.20 Å². The van der Waals surface area contributed by atoms with Gasteiger partial charge in [0.2, 0.25) is 0 Å². The molecule has 1 aliphatic heterocycles. The molecule has 0 aromatic carbocycles. The van der Waals surface area contributed by atoms with Gasteiger partial charge in [0, 0.05) is 11.9 Å². The Balaban J connectivity index is 2.40. The third-order valence-corrected chi connectivity index (χ3v) is 2.74. The molecular weight excluding hydrogens is 202 g/mol. The van der Waals surface area contributed by atoms with E-state index in [0.717, 1.165) is 12.8 Å². The molecular formula is C9H14BrN. The quantitative estimate of drug-likeness (QED) is 0.642. The molecule has 1 heterocycles. The Morgan fingerprint density at radius 3 is 3.18 bits per heavy atom. The number of halogens is 1. The van der Waals surface area contributed by atoms with Gasteiger partial charge in [-0.25, -0.2) is 0 Å². The lowest BCUT2D eigenvalue weighted by molar-refractivity contribution is 0.821. The summed E-state index contributed by atoms with van der Waals surface area (Å²) in [6.07, 6.45) is 8.79. The summed E-state index contributed by atoms with van der Waals surface area (Å²) in [7, 11) is 0. The first-order valence-electron chi connectivity index (χ1n) is 4.20. The molecule has 11 heavy (non-hydrogen) atoms. The summed E-state index contributed by atoms with van der Waals surface area (Å²) in [6, 6.07) is 0. The molecule has 62 valence electrons. The largest absolute Gasteiger partial charge is 0.265 e. The fraction of sp³-hybridized carbons (Fsp3) is 0.667. The molecule has 1 aliphatic rings. The van der Waals surface area contributed by atoms with Gasteiger partial charge < -0.3 is 0 Å². The minimum atomic E-state index is 0.499. The molecule has 0 N–H and O–H groups in total. The predicted molar refractivity (Wildman–Crippen MR) is 53.4 cm³/mol.